The predicted octanol–water partition coefficient (Wildman–Crippen LogP) is 8.13. The number of aliphatic imine (C=N–C) groups is 1. The maximum Gasteiger partial charge on any atom is 0.0797 e. The highest BCUT2D eigenvalue weighted by Gasteiger charge is 1.97. The Kier molecular flexibility index (Phi) is 15.5. The van der Waals surface area contributed by atoms with Gasteiger partial charge in [-0.3, -0.25) is 0 Å². The van der Waals surface area contributed by atoms with Crippen LogP contribution < -0.4 is 5.32 Å². The number of anilines is 1. The fourth-order valence-electron chi connectivity index (χ4n) is 2.16. The molecule has 0 aliphatic carbocycles. The maximum atomic E-state index is 5.12. The van der Waals surface area contributed by atoms with Gasteiger partial charge in [0.05, 0.1) is 15.7 Å². The number of nitrogens with zero attached hydrogens (tertiary/aromatic N) is 1. The third kappa shape index (κ3) is 12.4. The summed E-state index contributed by atoms with van der Waals surface area (Å²) in [6.45, 7) is 6.48. The molecule has 2 aromatic rings. The van der Waals surface area contributed by atoms with E-state index in [9.17, 15) is 0 Å². The van der Waals surface area contributed by atoms with Gasteiger partial charge in [-0.15, -0.1) is 11.8 Å². The van der Waals surface area contributed by atoms with Crippen LogP contribution in [0.5, 0.6) is 0 Å². The van der Waals surface area contributed by atoms with Crippen molar-refractivity contribution in [2.45, 2.75) is 53.9 Å². The number of hydrogen-bond acceptors (Lipinski definition) is 3. The lowest BCUT2D eigenvalue weighted by molar-refractivity contribution is 1.00. The monoisotopic (exact) mass is 402 g/mol. The van der Waals surface area contributed by atoms with Gasteiger partial charge in [0.2, 0.25) is 0 Å². The number of rotatable bonds is 7. The Balaban J connectivity index is 0.000000488. The van der Waals surface area contributed by atoms with Crippen LogP contribution in [0.3, 0.4) is 0 Å². The second kappa shape index (κ2) is 16.5. The fraction of sp³-hybridized carbons (Fsp3) is 0.391. The van der Waals surface area contributed by atoms with E-state index >= 15 is 0 Å². The van der Waals surface area contributed by atoms with E-state index in [0.717, 1.165) is 41.4 Å². The Hall–Kier alpha value is -1.65. The second-order valence-electron chi connectivity index (χ2n) is 5.69. The summed E-state index contributed by atoms with van der Waals surface area (Å²) in [6.07, 6.45) is 4.31. The lowest BCUT2D eigenvalue weighted by Crippen LogP contribution is -2.07. The van der Waals surface area contributed by atoms with Crippen LogP contribution in [0.25, 0.3) is 0 Å². The van der Waals surface area contributed by atoms with Crippen molar-refractivity contribution in [2.75, 3.05) is 11.1 Å². The van der Waals surface area contributed by atoms with E-state index in [4.69, 9.17) is 12.2 Å². The molecule has 2 aromatic carbocycles. The third-order valence-corrected chi connectivity index (χ3v) is 4.54. The molecule has 0 aliphatic heterocycles. The van der Waals surface area contributed by atoms with Crippen molar-refractivity contribution >= 4 is 45.4 Å². The number of nitrogens with one attached hydrogen (secondary N) is 1. The molecule has 0 fully saturated rings. The molecule has 0 aromatic heterocycles. The fourth-order valence-corrected chi connectivity index (χ4v) is 3.33. The van der Waals surface area contributed by atoms with Crippen LogP contribution in [0.2, 0.25) is 0 Å². The molecule has 0 saturated carbocycles. The summed E-state index contributed by atoms with van der Waals surface area (Å²) in [5.41, 5.74) is 2.15. The molecular formula is C23H34N2S2. The van der Waals surface area contributed by atoms with Crippen molar-refractivity contribution in [2.24, 2.45) is 4.99 Å². The minimum atomic E-state index is 0. The molecule has 0 amide bonds. The lowest BCUT2D eigenvalue weighted by Gasteiger charge is -2.05. The van der Waals surface area contributed by atoms with Crippen molar-refractivity contribution in [3.05, 3.63) is 60.7 Å². The van der Waals surface area contributed by atoms with Gasteiger partial charge in [-0.2, -0.15) is 0 Å². The first-order valence-corrected chi connectivity index (χ1v) is 10.7. The molecule has 27 heavy (non-hydrogen) atoms. The molecule has 2 rings (SSSR count). The molecule has 0 spiro atoms. The van der Waals surface area contributed by atoms with Gasteiger partial charge in [0.1, 0.15) is 0 Å². The summed E-state index contributed by atoms with van der Waals surface area (Å²) < 4.78 is 0. The average molecular weight is 403 g/mol. The summed E-state index contributed by atoms with van der Waals surface area (Å²) >= 11 is 6.97. The van der Waals surface area contributed by atoms with Gasteiger partial charge in [-0.05, 0) is 49.3 Å². The average Bonchev–Trinajstić information content (AvgIpc) is 2.65. The molecule has 0 radical (unpaired) electrons. The topological polar surface area (TPSA) is 24.4 Å². The molecule has 2 nitrogen and oxygen atoms in total. The smallest absolute Gasteiger partial charge is 0.0797 e. The van der Waals surface area contributed by atoms with Crippen LogP contribution in [0.1, 0.15) is 53.9 Å². The Morgan fingerprint density at radius 1 is 0.889 bits per heavy atom. The molecule has 1 N–H and O–H groups in total. The largest absolute Gasteiger partial charge is 0.350 e. The van der Waals surface area contributed by atoms with Crippen LogP contribution in [-0.4, -0.2) is 15.8 Å². The zero-order valence-corrected chi connectivity index (χ0v) is 17.7. The normalized spacial score (nSPS) is 10.3. The first-order valence-electron chi connectivity index (χ1n) is 9.29. The van der Waals surface area contributed by atoms with Gasteiger partial charge < -0.3 is 5.32 Å². The lowest BCUT2D eigenvalue weighted by atomic mass is 10.3. The van der Waals surface area contributed by atoms with E-state index < -0.39 is 0 Å². The third-order valence-electron chi connectivity index (χ3n) is 3.32. The number of para-hydroxylation sites is 2. The molecule has 0 unspecified atom stereocenters. The quantitative estimate of drug-likeness (QED) is 0.287. The number of benzene rings is 2. The van der Waals surface area contributed by atoms with Crippen molar-refractivity contribution in [3.63, 3.8) is 0 Å². The Bertz CT molecular complexity index is 632. The van der Waals surface area contributed by atoms with Gasteiger partial charge in [0.25, 0.3) is 0 Å². The van der Waals surface area contributed by atoms with E-state index in [1.807, 2.05) is 72.4 Å². The van der Waals surface area contributed by atoms with Crippen LogP contribution >= 0.6 is 24.0 Å². The zero-order chi connectivity index (χ0) is 19.0. The molecular weight excluding hydrogens is 368 g/mol. The van der Waals surface area contributed by atoms with Crippen LogP contribution in [-0.2, 0) is 0 Å². The summed E-state index contributed by atoms with van der Waals surface area (Å²) in [7, 11) is 0. The Morgan fingerprint density at radius 3 is 1.96 bits per heavy atom. The minimum absolute atomic E-state index is 0. The molecule has 4 heteroatoms. The van der Waals surface area contributed by atoms with Crippen LogP contribution in [0, 0.1) is 0 Å². The van der Waals surface area contributed by atoms with E-state index in [1.54, 1.807) is 0 Å². The number of thiocarbonyl (C=S) groups is 1. The Morgan fingerprint density at radius 2 is 1.44 bits per heavy atom. The predicted molar refractivity (Wildman–Crippen MR) is 131 cm³/mol. The van der Waals surface area contributed by atoms with Gasteiger partial charge >= 0.3 is 0 Å². The molecule has 148 valence electrons. The molecule has 0 bridgehead atoms. The van der Waals surface area contributed by atoms with Crippen molar-refractivity contribution in [1.82, 2.24) is 0 Å². The van der Waals surface area contributed by atoms with Gasteiger partial charge in [0.15, 0.2) is 0 Å². The van der Waals surface area contributed by atoms with Crippen LogP contribution in [0.4, 0.5) is 11.4 Å². The van der Waals surface area contributed by atoms with E-state index in [2.05, 4.69) is 31.1 Å². The number of hydrogen-bond donors (Lipinski definition) is 1. The highest BCUT2D eigenvalue weighted by atomic mass is 32.2. The summed E-state index contributed by atoms with van der Waals surface area (Å²) in [4.78, 5) is 5.54. The molecule has 0 saturated heterocycles. The molecule has 0 heterocycles. The highest BCUT2D eigenvalue weighted by Crippen LogP contribution is 2.17. The minimum Gasteiger partial charge on any atom is -0.350 e. The first-order chi connectivity index (χ1) is 12.7. The molecule has 0 atom stereocenters. The summed E-state index contributed by atoms with van der Waals surface area (Å²) in [5.74, 6) is 1.10. The van der Waals surface area contributed by atoms with E-state index in [-0.39, 0.29) is 7.43 Å². The standard InChI is InChI=1S/C12H17NS.C10H13NS.CH4/c1-3-8-12(14-4-2)13-11-9-6-5-7-10-11;1-2-6-10(12)11-9-7-4-3-5-8-9;/h5-7,9-10H,3-4,8H2,1-2H3;3-5,7-8H,2,6H2,1H3,(H,11,12);1H4. The first kappa shape index (κ1) is 25.4. The van der Waals surface area contributed by atoms with E-state index in [0.29, 0.717) is 0 Å². The van der Waals surface area contributed by atoms with Gasteiger partial charge in [-0.1, -0.05) is 83.2 Å². The van der Waals surface area contributed by atoms with Crippen molar-refractivity contribution < 1.29 is 0 Å². The molecule has 0 aliphatic rings. The highest BCUT2D eigenvalue weighted by molar-refractivity contribution is 8.13. The van der Waals surface area contributed by atoms with E-state index in [1.165, 1.54) is 11.5 Å². The zero-order valence-electron chi connectivity index (χ0n) is 16.1. The van der Waals surface area contributed by atoms with Gasteiger partial charge in [0, 0.05) is 5.69 Å². The maximum absolute atomic E-state index is 5.12. The second-order valence-corrected chi connectivity index (χ2v) is 7.52. The van der Waals surface area contributed by atoms with Gasteiger partial charge in [-0.25, -0.2) is 4.99 Å². The summed E-state index contributed by atoms with van der Waals surface area (Å²) in [6, 6.07) is 20.2. The Labute approximate surface area is 175 Å². The van der Waals surface area contributed by atoms with Crippen LogP contribution in [0.15, 0.2) is 65.7 Å². The summed E-state index contributed by atoms with van der Waals surface area (Å²) in [5, 5.41) is 4.43. The van der Waals surface area contributed by atoms with Crippen molar-refractivity contribution in [3.8, 4) is 0 Å². The van der Waals surface area contributed by atoms with Crippen molar-refractivity contribution in [1.29, 1.82) is 0 Å². The number of thioether (sulfide) groups is 1. The SMILES string of the molecule is C.CCCC(=Nc1ccccc1)SCC.CCCC(=S)Nc1ccccc1.